The molecule has 0 bridgehead atoms. The lowest BCUT2D eigenvalue weighted by atomic mass is 10.3. The fourth-order valence-electron chi connectivity index (χ4n) is 0.889. The third-order valence-electron chi connectivity index (χ3n) is 1.85. The minimum absolute atomic E-state index is 0.279. The van der Waals surface area contributed by atoms with Crippen LogP contribution < -0.4 is 0 Å². The first kappa shape index (κ1) is 14.1. The van der Waals surface area contributed by atoms with Crippen molar-refractivity contribution in [3.8, 4) is 0 Å². The number of aromatic nitrogens is 1. The van der Waals surface area contributed by atoms with Crippen molar-refractivity contribution in [1.29, 1.82) is 0 Å². The van der Waals surface area contributed by atoms with E-state index in [0.717, 1.165) is 0 Å². The molecule has 0 unspecified atom stereocenters. The molecule has 0 aromatic carbocycles. The molecule has 0 saturated carbocycles. The number of halogens is 2. The van der Waals surface area contributed by atoms with Crippen molar-refractivity contribution in [3.05, 3.63) is 29.6 Å². The van der Waals surface area contributed by atoms with E-state index in [4.69, 9.17) is 0 Å². The van der Waals surface area contributed by atoms with Gasteiger partial charge in [-0.15, -0.1) is 0 Å². The zero-order valence-corrected chi connectivity index (χ0v) is 10.7. The van der Waals surface area contributed by atoms with Crippen molar-refractivity contribution in [2.45, 2.75) is 31.9 Å². The predicted molar refractivity (Wildman–Crippen MR) is 64.7 cm³/mol. The lowest BCUT2D eigenvalue weighted by Crippen LogP contribution is -2.25. The van der Waals surface area contributed by atoms with Gasteiger partial charge in [0.25, 0.3) is 6.43 Å². The Labute approximate surface area is 102 Å². The first-order valence-corrected chi connectivity index (χ1v) is 6.11. The minimum atomic E-state index is -2.58. The molecule has 1 aromatic rings. The Morgan fingerprint density at radius 1 is 1.41 bits per heavy atom. The second kappa shape index (κ2) is 5.55. The quantitative estimate of drug-likeness (QED) is 0.619. The van der Waals surface area contributed by atoms with Crippen LogP contribution in [-0.2, 0) is 11.4 Å². The second-order valence-corrected chi connectivity index (χ2v) is 6.35. The summed E-state index contributed by atoms with van der Waals surface area (Å²) in [5, 5.41) is 0. The van der Waals surface area contributed by atoms with E-state index >= 15 is 0 Å². The number of nitrogens with zero attached hydrogens (tertiary/aromatic N) is 2. The molecule has 3 nitrogen and oxygen atoms in total. The van der Waals surface area contributed by atoms with Crippen LogP contribution >= 0.6 is 0 Å². The third kappa shape index (κ3) is 4.40. The Hall–Kier alpha value is -1.01. The van der Waals surface area contributed by atoms with Gasteiger partial charge in [0, 0.05) is 11.8 Å². The average molecular weight is 260 g/mol. The van der Waals surface area contributed by atoms with Gasteiger partial charge in [0.15, 0.2) is 0 Å². The van der Waals surface area contributed by atoms with Crippen LogP contribution in [-0.4, -0.2) is 20.5 Å². The number of hydrogen-bond acceptors (Lipinski definition) is 3. The molecule has 0 N–H and O–H groups in total. The van der Waals surface area contributed by atoms with Gasteiger partial charge < -0.3 is 4.55 Å². The van der Waals surface area contributed by atoms with E-state index in [0.29, 0.717) is 5.56 Å². The molecule has 1 atom stereocenters. The van der Waals surface area contributed by atoms with Crippen molar-refractivity contribution in [2.24, 2.45) is 4.40 Å². The Morgan fingerprint density at radius 3 is 2.47 bits per heavy atom. The summed E-state index contributed by atoms with van der Waals surface area (Å²) < 4.78 is 39.5. The molecule has 0 fully saturated rings. The van der Waals surface area contributed by atoms with Crippen LogP contribution in [0.1, 0.15) is 38.5 Å². The normalized spacial score (nSPS) is 14.5. The lowest BCUT2D eigenvalue weighted by molar-refractivity contribution is 0.146. The van der Waals surface area contributed by atoms with Crippen LogP contribution in [0.2, 0.25) is 0 Å². The first-order valence-electron chi connectivity index (χ1n) is 5.01. The minimum Gasteiger partial charge on any atom is -0.591 e. The van der Waals surface area contributed by atoms with Gasteiger partial charge in [-0.2, -0.15) is 0 Å². The van der Waals surface area contributed by atoms with Crippen molar-refractivity contribution >= 4 is 17.6 Å². The van der Waals surface area contributed by atoms with Gasteiger partial charge in [-0.1, -0.05) is 4.40 Å². The van der Waals surface area contributed by atoms with E-state index in [2.05, 4.69) is 9.38 Å². The molecule has 0 radical (unpaired) electrons. The van der Waals surface area contributed by atoms with Gasteiger partial charge in [0.05, 0.1) is 6.21 Å². The molecule has 0 aliphatic heterocycles. The Morgan fingerprint density at radius 2 is 2.06 bits per heavy atom. The van der Waals surface area contributed by atoms with Gasteiger partial charge in [-0.3, -0.25) is 4.98 Å². The van der Waals surface area contributed by atoms with Crippen LogP contribution in [0.4, 0.5) is 8.78 Å². The zero-order chi connectivity index (χ0) is 13.1. The molecule has 6 heteroatoms. The number of rotatable bonds is 3. The molecule has 0 spiro atoms. The van der Waals surface area contributed by atoms with E-state index in [1.807, 2.05) is 0 Å². The van der Waals surface area contributed by atoms with Gasteiger partial charge >= 0.3 is 0 Å². The summed E-state index contributed by atoms with van der Waals surface area (Å²) in [5.74, 6) is 0. The molecule has 17 heavy (non-hydrogen) atoms. The predicted octanol–water partition coefficient (Wildman–Crippen LogP) is 2.90. The maximum atomic E-state index is 12.2. The summed E-state index contributed by atoms with van der Waals surface area (Å²) in [6.07, 6.45) is 0.0822. The lowest BCUT2D eigenvalue weighted by Gasteiger charge is -2.17. The second-order valence-electron chi connectivity index (χ2n) is 4.41. The summed E-state index contributed by atoms with van der Waals surface area (Å²) in [4.78, 5) is 3.58. The van der Waals surface area contributed by atoms with Crippen LogP contribution in [0.5, 0.6) is 0 Å². The molecule has 1 aromatic heterocycles. The average Bonchev–Trinajstić information content (AvgIpc) is 2.25. The first-order chi connectivity index (χ1) is 7.80. The standard InChI is InChI=1S/C11H14F2N2OS/c1-11(2,3)17(16)15-7-8-4-5-9(10(12)13)14-6-8/h4-7,10H,1-3H3/b15-7+/t17-/m1/s1. The van der Waals surface area contributed by atoms with E-state index < -0.39 is 22.5 Å². The topological polar surface area (TPSA) is 48.3 Å². The summed E-state index contributed by atoms with van der Waals surface area (Å²) in [6, 6.07) is 2.70. The van der Waals surface area contributed by atoms with Crippen molar-refractivity contribution < 1.29 is 13.3 Å². The molecule has 0 aliphatic carbocycles. The van der Waals surface area contributed by atoms with Crippen LogP contribution in [0, 0.1) is 0 Å². The smallest absolute Gasteiger partial charge is 0.280 e. The molecule has 0 saturated heterocycles. The molecular weight excluding hydrogens is 246 g/mol. The Balaban J connectivity index is 2.73. The van der Waals surface area contributed by atoms with Crippen molar-refractivity contribution in [1.82, 2.24) is 4.98 Å². The maximum Gasteiger partial charge on any atom is 0.280 e. The SMILES string of the molecule is CC(C)(C)[S@@+]([O-])/N=C/c1ccc(C(F)F)nc1. The molecule has 94 valence electrons. The highest BCUT2D eigenvalue weighted by atomic mass is 32.2. The number of hydrogen-bond donors (Lipinski definition) is 0. The van der Waals surface area contributed by atoms with Gasteiger partial charge in [0.1, 0.15) is 21.8 Å². The van der Waals surface area contributed by atoms with Gasteiger partial charge in [-0.25, -0.2) is 8.78 Å². The van der Waals surface area contributed by atoms with Crippen molar-refractivity contribution in [3.63, 3.8) is 0 Å². The fraction of sp³-hybridized carbons (Fsp3) is 0.455. The van der Waals surface area contributed by atoms with Gasteiger partial charge in [-0.05, 0) is 32.9 Å². The van der Waals surface area contributed by atoms with E-state index in [1.165, 1.54) is 24.5 Å². The van der Waals surface area contributed by atoms with Crippen LogP contribution in [0.15, 0.2) is 22.7 Å². The highest BCUT2D eigenvalue weighted by molar-refractivity contribution is 7.91. The highest BCUT2D eigenvalue weighted by Gasteiger charge is 2.25. The zero-order valence-electron chi connectivity index (χ0n) is 9.85. The summed E-state index contributed by atoms with van der Waals surface area (Å²) in [5.41, 5.74) is 0.270. The fourth-order valence-corrected chi connectivity index (χ4v) is 1.42. The Bertz CT molecular complexity index is 387. The van der Waals surface area contributed by atoms with Gasteiger partial charge in [0.2, 0.25) is 0 Å². The summed E-state index contributed by atoms with van der Waals surface area (Å²) in [6.45, 7) is 5.41. The highest BCUT2D eigenvalue weighted by Crippen LogP contribution is 2.17. The molecular formula is C11H14F2N2OS. The third-order valence-corrected chi connectivity index (χ3v) is 3.20. The van der Waals surface area contributed by atoms with E-state index in [9.17, 15) is 13.3 Å². The monoisotopic (exact) mass is 260 g/mol. The van der Waals surface area contributed by atoms with Crippen LogP contribution in [0.25, 0.3) is 0 Å². The Kier molecular flexibility index (Phi) is 4.59. The molecule has 1 heterocycles. The van der Waals surface area contributed by atoms with E-state index in [-0.39, 0.29) is 5.69 Å². The maximum absolute atomic E-state index is 12.2. The molecule has 0 aliphatic rings. The summed E-state index contributed by atoms with van der Waals surface area (Å²) >= 11 is -1.36. The number of alkyl halides is 2. The number of pyridine rings is 1. The van der Waals surface area contributed by atoms with E-state index in [1.54, 1.807) is 20.8 Å². The van der Waals surface area contributed by atoms with Crippen LogP contribution in [0.3, 0.4) is 0 Å². The van der Waals surface area contributed by atoms with Crippen molar-refractivity contribution in [2.75, 3.05) is 0 Å². The summed E-state index contributed by atoms with van der Waals surface area (Å²) in [7, 11) is 0. The largest absolute Gasteiger partial charge is 0.591 e. The molecule has 0 amide bonds. The molecule has 1 rings (SSSR count).